The highest BCUT2D eigenvalue weighted by Crippen LogP contribution is 2.09. The van der Waals surface area contributed by atoms with Crippen LogP contribution in [-0.2, 0) is 9.53 Å². The second-order valence-corrected chi connectivity index (χ2v) is 5.32. The smallest absolute Gasteiger partial charge is 0.269 e. The van der Waals surface area contributed by atoms with Gasteiger partial charge in [0.15, 0.2) is 0 Å². The van der Waals surface area contributed by atoms with E-state index in [0.717, 1.165) is 0 Å². The van der Waals surface area contributed by atoms with E-state index in [1.165, 1.54) is 0 Å². The number of morpholine rings is 1. The molecule has 0 radical (unpaired) electrons. The summed E-state index contributed by atoms with van der Waals surface area (Å²) in [7, 11) is 0. The molecule has 1 aliphatic rings. The van der Waals surface area contributed by atoms with E-state index in [0.29, 0.717) is 18.7 Å². The van der Waals surface area contributed by atoms with E-state index >= 15 is 0 Å². The van der Waals surface area contributed by atoms with Crippen molar-refractivity contribution in [3.63, 3.8) is 0 Å². The lowest BCUT2D eigenvalue weighted by atomic mass is 10.2. The molecule has 1 aromatic carbocycles. The van der Waals surface area contributed by atoms with Crippen molar-refractivity contribution in [1.29, 1.82) is 0 Å². The highest BCUT2D eigenvalue weighted by atomic mass is 16.5. The first-order chi connectivity index (χ1) is 10.0. The molecular weight excluding hydrogens is 270 g/mol. The number of hydrogen-bond donors (Lipinski definition) is 2. The van der Waals surface area contributed by atoms with E-state index in [2.05, 4.69) is 10.9 Å². The summed E-state index contributed by atoms with van der Waals surface area (Å²) in [4.78, 5) is 25.7. The third-order valence-electron chi connectivity index (χ3n) is 3.21. The summed E-state index contributed by atoms with van der Waals surface area (Å²) in [6, 6.07) is 8.75. The number of benzene rings is 1. The molecule has 21 heavy (non-hydrogen) atoms. The summed E-state index contributed by atoms with van der Waals surface area (Å²) in [6.45, 7) is 5.64. The number of nitrogens with zero attached hydrogens (tertiary/aromatic N) is 1. The quantitative estimate of drug-likeness (QED) is 0.798. The van der Waals surface area contributed by atoms with E-state index in [1.54, 1.807) is 24.3 Å². The van der Waals surface area contributed by atoms with Crippen molar-refractivity contribution in [1.82, 2.24) is 15.8 Å². The molecule has 1 heterocycles. The topological polar surface area (TPSA) is 70.7 Å². The van der Waals surface area contributed by atoms with Crippen molar-refractivity contribution in [3.8, 4) is 0 Å². The SMILES string of the molecule is C[C@H]1CN(CC(=O)NNC(=O)c2ccccc2)C[C@H](C)O1. The fourth-order valence-corrected chi connectivity index (χ4v) is 2.44. The van der Waals surface area contributed by atoms with Crippen LogP contribution in [0.3, 0.4) is 0 Å². The summed E-state index contributed by atoms with van der Waals surface area (Å²) in [6.07, 6.45) is 0.223. The number of rotatable bonds is 3. The molecule has 1 aromatic rings. The first kappa shape index (κ1) is 15.5. The van der Waals surface area contributed by atoms with Crippen molar-refractivity contribution in [2.45, 2.75) is 26.1 Å². The molecule has 1 fully saturated rings. The van der Waals surface area contributed by atoms with Gasteiger partial charge in [-0.1, -0.05) is 18.2 Å². The van der Waals surface area contributed by atoms with E-state index < -0.39 is 0 Å². The van der Waals surface area contributed by atoms with Gasteiger partial charge >= 0.3 is 0 Å². The van der Waals surface area contributed by atoms with Gasteiger partial charge in [0.25, 0.3) is 11.8 Å². The van der Waals surface area contributed by atoms with Crippen LogP contribution in [-0.4, -0.2) is 48.6 Å². The average Bonchev–Trinajstić information content (AvgIpc) is 2.44. The number of hydrazine groups is 1. The number of nitrogens with one attached hydrogen (secondary N) is 2. The lowest BCUT2D eigenvalue weighted by molar-refractivity contribution is -0.126. The minimum absolute atomic E-state index is 0.112. The van der Waals surface area contributed by atoms with E-state index in [9.17, 15) is 9.59 Å². The Morgan fingerprint density at radius 1 is 1.14 bits per heavy atom. The molecule has 2 rings (SSSR count). The first-order valence-corrected chi connectivity index (χ1v) is 7.06. The third kappa shape index (κ3) is 4.84. The highest BCUT2D eigenvalue weighted by molar-refractivity contribution is 5.95. The highest BCUT2D eigenvalue weighted by Gasteiger charge is 2.23. The Morgan fingerprint density at radius 3 is 2.38 bits per heavy atom. The van der Waals surface area contributed by atoms with Gasteiger partial charge in [-0.05, 0) is 26.0 Å². The largest absolute Gasteiger partial charge is 0.373 e. The van der Waals surface area contributed by atoms with Gasteiger partial charge in [-0.25, -0.2) is 0 Å². The lowest BCUT2D eigenvalue weighted by Gasteiger charge is -2.34. The summed E-state index contributed by atoms with van der Waals surface area (Å²) >= 11 is 0. The van der Waals surface area contributed by atoms with E-state index in [-0.39, 0.29) is 30.6 Å². The van der Waals surface area contributed by atoms with Crippen molar-refractivity contribution in [3.05, 3.63) is 35.9 Å². The molecule has 0 bridgehead atoms. The van der Waals surface area contributed by atoms with Crippen LogP contribution in [0.4, 0.5) is 0 Å². The zero-order valence-electron chi connectivity index (χ0n) is 12.3. The second-order valence-electron chi connectivity index (χ2n) is 5.32. The van der Waals surface area contributed by atoms with Crippen LogP contribution in [0, 0.1) is 0 Å². The van der Waals surface area contributed by atoms with Crippen LogP contribution in [0.1, 0.15) is 24.2 Å². The Hall–Kier alpha value is -1.92. The molecule has 0 saturated carbocycles. The maximum atomic E-state index is 11.9. The molecule has 6 nitrogen and oxygen atoms in total. The second kappa shape index (κ2) is 7.19. The van der Waals surface area contributed by atoms with Gasteiger partial charge in [0.1, 0.15) is 0 Å². The van der Waals surface area contributed by atoms with Crippen molar-refractivity contribution in [2.75, 3.05) is 19.6 Å². The molecule has 0 aliphatic carbocycles. The van der Waals surface area contributed by atoms with Gasteiger partial charge in [-0.2, -0.15) is 0 Å². The molecule has 0 aromatic heterocycles. The Kier molecular flexibility index (Phi) is 5.30. The van der Waals surface area contributed by atoms with Crippen molar-refractivity contribution in [2.24, 2.45) is 0 Å². The minimum atomic E-state index is -0.326. The molecule has 6 heteroatoms. The molecule has 2 amide bonds. The monoisotopic (exact) mass is 291 g/mol. The maximum absolute atomic E-state index is 11.9. The number of hydrogen-bond acceptors (Lipinski definition) is 4. The summed E-state index contributed by atoms with van der Waals surface area (Å²) in [5.74, 6) is -0.562. The van der Waals surface area contributed by atoms with Crippen molar-refractivity contribution < 1.29 is 14.3 Å². The molecule has 2 N–H and O–H groups in total. The zero-order chi connectivity index (χ0) is 15.2. The van der Waals surface area contributed by atoms with Crippen LogP contribution in [0.2, 0.25) is 0 Å². The van der Waals surface area contributed by atoms with Crippen LogP contribution >= 0.6 is 0 Å². The predicted octanol–water partition coefficient (Wildman–Crippen LogP) is 0.557. The van der Waals surface area contributed by atoms with Gasteiger partial charge < -0.3 is 4.74 Å². The van der Waals surface area contributed by atoms with Crippen LogP contribution < -0.4 is 10.9 Å². The third-order valence-corrected chi connectivity index (χ3v) is 3.21. The number of carbonyl (C=O) groups excluding carboxylic acids is 2. The van der Waals surface area contributed by atoms with Crippen molar-refractivity contribution >= 4 is 11.8 Å². The molecule has 1 saturated heterocycles. The molecule has 0 spiro atoms. The first-order valence-electron chi connectivity index (χ1n) is 7.06. The fraction of sp³-hybridized carbons (Fsp3) is 0.467. The standard InChI is InChI=1S/C15H21N3O3/c1-11-8-18(9-12(2)21-11)10-14(19)16-17-15(20)13-6-4-3-5-7-13/h3-7,11-12H,8-10H2,1-2H3,(H,16,19)(H,17,20)/t11-,12-/m0/s1. The van der Waals surface area contributed by atoms with Crippen LogP contribution in [0.25, 0.3) is 0 Å². The normalized spacial score (nSPS) is 22.6. The minimum Gasteiger partial charge on any atom is -0.373 e. The average molecular weight is 291 g/mol. The number of ether oxygens (including phenoxy) is 1. The predicted molar refractivity (Wildman–Crippen MR) is 78.5 cm³/mol. The van der Waals surface area contributed by atoms with E-state index in [1.807, 2.05) is 24.8 Å². The summed E-state index contributed by atoms with van der Waals surface area (Å²) in [5.41, 5.74) is 5.36. The fourth-order valence-electron chi connectivity index (χ4n) is 2.44. The number of carbonyl (C=O) groups is 2. The zero-order valence-corrected chi connectivity index (χ0v) is 12.3. The van der Waals surface area contributed by atoms with Gasteiger partial charge in [-0.3, -0.25) is 25.3 Å². The molecule has 114 valence electrons. The van der Waals surface area contributed by atoms with E-state index in [4.69, 9.17) is 4.74 Å². The number of amides is 2. The van der Waals surface area contributed by atoms with Gasteiger partial charge in [-0.15, -0.1) is 0 Å². The Morgan fingerprint density at radius 2 is 1.76 bits per heavy atom. The lowest BCUT2D eigenvalue weighted by Crippen LogP contribution is -2.51. The Bertz CT molecular complexity index is 482. The molecule has 0 unspecified atom stereocenters. The maximum Gasteiger partial charge on any atom is 0.269 e. The Balaban J connectivity index is 1.76. The molecule has 2 atom stereocenters. The van der Waals surface area contributed by atoms with Gasteiger partial charge in [0, 0.05) is 18.7 Å². The van der Waals surface area contributed by atoms with Gasteiger partial charge in [0.05, 0.1) is 18.8 Å². The summed E-state index contributed by atoms with van der Waals surface area (Å²) < 4.78 is 5.61. The summed E-state index contributed by atoms with van der Waals surface area (Å²) in [5, 5.41) is 0. The Labute approximate surface area is 124 Å². The molecule has 1 aliphatic heterocycles. The van der Waals surface area contributed by atoms with Crippen LogP contribution in [0.15, 0.2) is 30.3 Å². The van der Waals surface area contributed by atoms with Gasteiger partial charge in [0.2, 0.25) is 0 Å². The van der Waals surface area contributed by atoms with Crippen LogP contribution in [0.5, 0.6) is 0 Å². The molecular formula is C15H21N3O3.